The molecule has 0 radical (unpaired) electrons. The van der Waals surface area contributed by atoms with Crippen molar-refractivity contribution in [3.63, 3.8) is 0 Å². The zero-order valence-electron chi connectivity index (χ0n) is 17.8. The Morgan fingerprint density at radius 1 is 1.03 bits per heavy atom. The van der Waals surface area contributed by atoms with Gasteiger partial charge in [0, 0.05) is 26.7 Å². The van der Waals surface area contributed by atoms with Crippen molar-refractivity contribution >= 4 is 40.8 Å². The van der Waals surface area contributed by atoms with Crippen molar-refractivity contribution in [3.8, 4) is 23.3 Å². The third-order valence-electron chi connectivity index (χ3n) is 5.18. The molecule has 172 valence electrons. The topological polar surface area (TPSA) is 94.6 Å². The molecule has 0 bridgehead atoms. The summed E-state index contributed by atoms with van der Waals surface area (Å²) in [6, 6.07) is 17.0. The molecule has 1 unspecified atom stereocenters. The van der Waals surface area contributed by atoms with Gasteiger partial charge in [-0.15, -0.1) is 0 Å². The first-order valence-electron chi connectivity index (χ1n) is 10.0. The molecule has 0 aromatic heterocycles. The highest BCUT2D eigenvalue weighted by molar-refractivity contribution is 6.35. The Kier molecular flexibility index (Phi) is 6.90. The summed E-state index contributed by atoms with van der Waals surface area (Å²) in [4.78, 5) is 12.3. The molecule has 1 aliphatic rings. The van der Waals surface area contributed by atoms with Gasteiger partial charge in [-0.2, -0.15) is 5.26 Å². The van der Waals surface area contributed by atoms with Crippen LogP contribution in [0.1, 0.15) is 22.6 Å². The number of halogens is 3. The summed E-state index contributed by atoms with van der Waals surface area (Å²) < 4.78 is 16.5. The Hall–Kier alpha value is -3.37. The van der Waals surface area contributed by atoms with E-state index in [-0.39, 0.29) is 23.8 Å². The van der Waals surface area contributed by atoms with E-state index in [1.807, 2.05) is 6.92 Å². The molecule has 0 saturated carbocycles. The molecule has 1 aliphatic heterocycles. The fourth-order valence-electron chi connectivity index (χ4n) is 3.56. The van der Waals surface area contributed by atoms with Crippen molar-refractivity contribution in [2.45, 2.75) is 12.8 Å². The lowest BCUT2D eigenvalue weighted by atomic mass is 9.83. The average Bonchev–Trinajstić information content (AvgIpc) is 2.79. The van der Waals surface area contributed by atoms with E-state index in [0.29, 0.717) is 37.7 Å². The number of allylic oxidation sites excluding steroid dienone is 1. The quantitative estimate of drug-likeness (QED) is 0.323. The first kappa shape index (κ1) is 23.8. The van der Waals surface area contributed by atoms with Gasteiger partial charge in [0.15, 0.2) is 6.61 Å². The van der Waals surface area contributed by atoms with Gasteiger partial charge in [0.05, 0.1) is 5.92 Å². The van der Waals surface area contributed by atoms with Gasteiger partial charge in [-0.25, -0.2) is 4.79 Å². The van der Waals surface area contributed by atoms with E-state index in [0.717, 1.165) is 5.56 Å². The number of hydrogen-bond donors (Lipinski definition) is 1. The fraction of sp³-hybridized carbons (Fsp3) is 0.120. The number of aryl methyl sites for hydroxylation is 1. The summed E-state index contributed by atoms with van der Waals surface area (Å²) in [7, 11) is 0. The number of nitrogens with zero attached hydrogens (tertiary/aromatic N) is 1. The summed E-state index contributed by atoms with van der Waals surface area (Å²) in [5.41, 5.74) is 8.36. The van der Waals surface area contributed by atoms with E-state index in [4.69, 9.17) is 54.7 Å². The highest BCUT2D eigenvalue weighted by Gasteiger charge is 2.32. The van der Waals surface area contributed by atoms with Crippen LogP contribution >= 0.6 is 34.8 Å². The highest BCUT2D eigenvalue weighted by Crippen LogP contribution is 2.45. The molecule has 0 fully saturated rings. The number of nitrogens with two attached hydrogens (primary N) is 1. The SMILES string of the molecule is Cc1cc(OCC(=O)Oc2ccc3c(c2)OC(N)=C(C#N)C3c2ccc(Cl)cc2Cl)ccc1Cl. The Balaban J connectivity index is 1.56. The van der Waals surface area contributed by atoms with Crippen LogP contribution in [0, 0.1) is 18.3 Å². The molecule has 1 heterocycles. The monoisotopic (exact) mass is 514 g/mol. The molecule has 0 amide bonds. The Labute approximate surface area is 211 Å². The Morgan fingerprint density at radius 2 is 1.76 bits per heavy atom. The third kappa shape index (κ3) is 4.92. The van der Waals surface area contributed by atoms with E-state index in [2.05, 4.69) is 6.07 Å². The zero-order chi connectivity index (χ0) is 24.4. The van der Waals surface area contributed by atoms with Crippen LogP contribution in [0.5, 0.6) is 17.2 Å². The molecule has 9 heteroatoms. The van der Waals surface area contributed by atoms with Crippen molar-refractivity contribution in [2.24, 2.45) is 5.73 Å². The maximum absolute atomic E-state index is 12.3. The second-order valence-corrected chi connectivity index (χ2v) is 8.71. The summed E-state index contributed by atoms with van der Waals surface area (Å²) >= 11 is 18.4. The molecular formula is C25H17Cl3N2O4. The molecule has 34 heavy (non-hydrogen) atoms. The lowest BCUT2D eigenvalue weighted by Crippen LogP contribution is -2.22. The number of ether oxygens (including phenoxy) is 3. The van der Waals surface area contributed by atoms with E-state index in [9.17, 15) is 10.1 Å². The molecule has 4 rings (SSSR count). The van der Waals surface area contributed by atoms with Crippen LogP contribution in [0.4, 0.5) is 0 Å². The van der Waals surface area contributed by atoms with E-state index < -0.39 is 11.9 Å². The normalized spacial score (nSPS) is 14.6. The molecule has 3 aromatic carbocycles. The van der Waals surface area contributed by atoms with Gasteiger partial charge in [0.25, 0.3) is 0 Å². The summed E-state index contributed by atoms with van der Waals surface area (Å²) in [6.07, 6.45) is 0. The van der Waals surface area contributed by atoms with E-state index in [1.54, 1.807) is 48.5 Å². The van der Waals surface area contributed by atoms with Crippen LogP contribution in [-0.2, 0) is 4.79 Å². The first-order chi connectivity index (χ1) is 16.3. The lowest BCUT2D eigenvalue weighted by molar-refractivity contribution is -0.136. The summed E-state index contributed by atoms with van der Waals surface area (Å²) in [5.74, 6) is -0.171. The minimum Gasteiger partial charge on any atom is -0.482 e. The minimum atomic E-state index is -0.609. The van der Waals surface area contributed by atoms with Crippen molar-refractivity contribution in [1.29, 1.82) is 5.26 Å². The number of esters is 1. The van der Waals surface area contributed by atoms with Crippen LogP contribution in [0.25, 0.3) is 0 Å². The first-order valence-corrected chi connectivity index (χ1v) is 11.2. The van der Waals surface area contributed by atoms with E-state index >= 15 is 0 Å². The Morgan fingerprint density at radius 3 is 2.47 bits per heavy atom. The lowest BCUT2D eigenvalue weighted by Gasteiger charge is -2.27. The maximum Gasteiger partial charge on any atom is 0.349 e. The molecule has 6 nitrogen and oxygen atoms in total. The predicted octanol–water partition coefficient (Wildman–Crippen LogP) is 6.16. The molecule has 0 aliphatic carbocycles. The number of rotatable bonds is 5. The molecule has 3 aromatic rings. The van der Waals surface area contributed by atoms with Crippen molar-refractivity contribution < 1.29 is 19.0 Å². The largest absolute Gasteiger partial charge is 0.482 e. The van der Waals surface area contributed by atoms with Gasteiger partial charge in [-0.05, 0) is 54.4 Å². The van der Waals surface area contributed by atoms with Crippen LogP contribution in [0.2, 0.25) is 15.1 Å². The third-order valence-corrected chi connectivity index (χ3v) is 6.17. The van der Waals surface area contributed by atoms with Gasteiger partial charge in [0.2, 0.25) is 5.88 Å². The van der Waals surface area contributed by atoms with Crippen LogP contribution < -0.4 is 19.9 Å². The average molecular weight is 516 g/mol. The van der Waals surface area contributed by atoms with Gasteiger partial charge >= 0.3 is 5.97 Å². The second kappa shape index (κ2) is 9.86. The number of nitriles is 1. The molecule has 2 N–H and O–H groups in total. The van der Waals surface area contributed by atoms with Crippen molar-refractivity contribution in [3.05, 3.63) is 97.8 Å². The number of carbonyl (C=O) groups excluding carboxylic acids is 1. The Bertz CT molecular complexity index is 1360. The van der Waals surface area contributed by atoms with Crippen LogP contribution in [0.15, 0.2) is 66.1 Å². The fourth-order valence-corrected chi connectivity index (χ4v) is 4.20. The zero-order valence-corrected chi connectivity index (χ0v) is 20.0. The predicted molar refractivity (Wildman–Crippen MR) is 130 cm³/mol. The summed E-state index contributed by atoms with van der Waals surface area (Å²) in [5, 5.41) is 11.2. The maximum atomic E-state index is 12.3. The van der Waals surface area contributed by atoms with Crippen molar-refractivity contribution in [1.82, 2.24) is 0 Å². The highest BCUT2D eigenvalue weighted by atomic mass is 35.5. The molecular weight excluding hydrogens is 499 g/mol. The van der Waals surface area contributed by atoms with Gasteiger partial charge < -0.3 is 19.9 Å². The van der Waals surface area contributed by atoms with Gasteiger partial charge in [-0.3, -0.25) is 0 Å². The number of carbonyl (C=O) groups is 1. The number of hydrogen-bond acceptors (Lipinski definition) is 6. The van der Waals surface area contributed by atoms with Gasteiger partial charge in [0.1, 0.15) is 28.9 Å². The van der Waals surface area contributed by atoms with E-state index in [1.165, 1.54) is 6.07 Å². The molecule has 0 spiro atoms. The smallest absolute Gasteiger partial charge is 0.349 e. The molecule has 0 saturated heterocycles. The second-order valence-electron chi connectivity index (χ2n) is 7.46. The minimum absolute atomic E-state index is 0.0593. The van der Waals surface area contributed by atoms with Crippen molar-refractivity contribution in [2.75, 3.05) is 6.61 Å². The number of benzene rings is 3. The number of fused-ring (bicyclic) bond motifs is 1. The van der Waals surface area contributed by atoms with Crippen LogP contribution in [-0.4, -0.2) is 12.6 Å². The standard InChI is InChI=1S/C25H17Cl3N2O4/c1-13-8-15(4-7-20(13)27)32-12-23(31)33-16-3-6-18-22(10-16)34-25(30)19(11-29)24(18)17-5-2-14(26)9-21(17)28/h2-10,24H,12,30H2,1H3. The van der Waals surface area contributed by atoms with Gasteiger partial charge in [-0.1, -0.05) is 46.9 Å². The summed E-state index contributed by atoms with van der Waals surface area (Å²) in [6.45, 7) is 1.53. The van der Waals surface area contributed by atoms with Crippen LogP contribution in [0.3, 0.4) is 0 Å². The molecule has 1 atom stereocenters.